The van der Waals surface area contributed by atoms with Gasteiger partial charge in [0.1, 0.15) is 5.76 Å². The fourth-order valence-electron chi connectivity index (χ4n) is 1.03. The SMILES string of the molecule is C/C=C(/C)C(=O)NCc1ccc(C(=O)O)o1. The summed E-state index contributed by atoms with van der Waals surface area (Å²) in [6, 6.07) is 2.88. The van der Waals surface area contributed by atoms with Gasteiger partial charge >= 0.3 is 5.97 Å². The minimum absolute atomic E-state index is 0.132. The van der Waals surface area contributed by atoms with Crippen molar-refractivity contribution < 1.29 is 19.1 Å². The standard InChI is InChI=1S/C11H13NO4/c1-3-7(2)10(13)12-6-8-4-5-9(16-8)11(14)15/h3-5H,6H2,1-2H3,(H,12,13)(H,14,15)/b7-3-. The molecule has 0 aliphatic heterocycles. The fraction of sp³-hybridized carbons (Fsp3) is 0.273. The zero-order chi connectivity index (χ0) is 12.1. The maximum Gasteiger partial charge on any atom is 0.371 e. The molecule has 1 aromatic rings. The molecular formula is C11H13NO4. The van der Waals surface area contributed by atoms with Crippen LogP contribution in [0.25, 0.3) is 0 Å². The van der Waals surface area contributed by atoms with Crippen LogP contribution in [0.3, 0.4) is 0 Å². The highest BCUT2D eigenvalue weighted by Gasteiger charge is 2.09. The van der Waals surface area contributed by atoms with Gasteiger partial charge in [-0.3, -0.25) is 4.79 Å². The Morgan fingerprint density at radius 2 is 2.19 bits per heavy atom. The van der Waals surface area contributed by atoms with Crippen molar-refractivity contribution in [3.63, 3.8) is 0 Å². The average Bonchev–Trinajstić information content (AvgIpc) is 2.73. The molecule has 0 saturated heterocycles. The molecule has 0 bridgehead atoms. The Kier molecular flexibility index (Phi) is 3.88. The molecule has 0 spiro atoms. The molecule has 1 aromatic heterocycles. The van der Waals surface area contributed by atoms with E-state index in [9.17, 15) is 9.59 Å². The molecule has 1 heterocycles. The lowest BCUT2D eigenvalue weighted by molar-refractivity contribution is -0.117. The second-order valence-electron chi connectivity index (χ2n) is 3.23. The van der Waals surface area contributed by atoms with E-state index < -0.39 is 5.97 Å². The molecule has 0 atom stereocenters. The summed E-state index contributed by atoms with van der Waals surface area (Å²) in [6.07, 6.45) is 1.69. The lowest BCUT2D eigenvalue weighted by Gasteiger charge is -2.02. The van der Waals surface area contributed by atoms with Gasteiger partial charge in [0.15, 0.2) is 0 Å². The third kappa shape index (κ3) is 2.98. The van der Waals surface area contributed by atoms with E-state index in [0.717, 1.165) is 0 Å². The van der Waals surface area contributed by atoms with Crippen LogP contribution in [0.1, 0.15) is 30.2 Å². The molecule has 1 amide bonds. The Morgan fingerprint density at radius 1 is 1.50 bits per heavy atom. The molecule has 5 nitrogen and oxygen atoms in total. The topological polar surface area (TPSA) is 79.5 Å². The highest BCUT2D eigenvalue weighted by Crippen LogP contribution is 2.07. The monoisotopic (exact) mass is 223 g/mol. The molecule has 0 aromatic carbocycles. The van der Waals surface area contributed by atoms with E-state index in [-0.39, 0.29) is 18.2 Å². The van der Waals surface area contributed by atoms with Gasteiger partial charge in [0.05, 0.1) is 6.54 Å². The number of amides is 1. The summed E-state index contributed by atoms with van der Waals surface area (Å²) < 4.78 is 4.98. The van der Waals surface area contributed by atoms with Crippen LogP contribution in [0.5, 0.6) is 0 Å². The first-order chi connectivity index (χ1) is 7.54. The van der Waals surface area contributed by atoms with E-state index in [1.54, 1.807) is 19.9 Å². The first-order valence-electron chi connectivity index (χ1n) is 4.77. The maximum absolute atomic E-state index is 11.4. The Bertz CT molecular complexity index is 431. The third-order valence-corrected chi connectivity index (χ3v) is 2.09. The average molecular weight is 223 g/mol. The number of aromatic carboxylic acids is 1. The van der Waals surface area contributed by atoms with Crippen molar-refractivity contribution in [3.05, 3.63) is 35.3 Å². The molecule has 5 heteroatoms. The van der Waals surface area contributed by atoms with E-state index in [1.807, 2.05) is 0 Å². The van der Waals surface area contributed by atoms with Gasteiger partial charge in [0.2, 0.25) is 11.7 Å². The molecular weight excluding hydrogens is 210 g/mol. The summed E-state index contributed by atoms with van der Waals surface area (Å²) >= 11 is 0. The smallest absolute Gasteiger partial charge is 0.371 e. The number of carbonyl (C=O) groups excluding carboxylic acids is 1. The number of carboxylic acid groups (broad SMARTS) is 1. The molecule has 0 unspecified atom stereocenters. The van der Waals surface area contributed by atoms with Crippen LogP contribution in [-0.4, -0.2) is 17.0 Å². The number of carbonyl (C=O) groups is 2. The zero-order valence-electron chi connectivity index (χ0n) is 9.11. The highest BCUT2D eigenvalue weighted by atomic mass is 16.4. The number of carboxylic acids is 1. The van der Waals surface area contributed by atoms with Crippen molar-refractivity contribution in [2.45, 2.75) is 20.4 Å². The first-order valence-corrected chi connectivity index (χ1v) is 4.77. The van der Waals surface area contributed by atoms with Crippen LogP contribution in [0.15, 0.2) is 28.2 Å². The Labute approximate surface area is 92.8 Å². The van der Waals surface area contributed by atoms with Crippen LogP contribution in [0.2, 0.25) is 0 Å². The molecule has 86 valence electrons. The lowest BCUT2D eigenvalue weighted by atomic mass is 10.3. The number of allylic oxidation sites excluding steroid dienone is 1. The van der Waals surface area contributed by atoms with Crippen LogP contribution in [0, 0.1) is 0 Å². The number of furan rings is 1. The van der Waals surface area contributed by atoms with Gasteiger partial charge in [0.25, 0.3) is 0 Å². The molecule has 0 saturated carbocycles. The van der Waals surface area contributed by atoms with E-state index in [4.69, 9.17) is 9.52 Å². The number of rotatable bonds is 4. The number of hydrogen-bond acceptors (Lipinski definition) is 3. The first kappa shape index (κ1) is 12.0. The largest absolute Gasteiger partial charge is 0.475 e. The predicted octanol–water partition coefficient (Wildman–Crippen LogP) is 1.56. The van der Waals surface area contributed by atoms with Crippen molar-refractivity contribution in [1.29, 1.82) is 0 Å². The van der Waals surface area contributed by atoms with Crippen LogP contribution in [0.4, 0.5) is 0 Å². The Balaban J connectivity index is 2.55. The van der Waals surface area contributed by atoms with Gasteiger partial charge < -0.3 is 14.8 Å². The number of nitrogens with one attached hydrogen (secondary N) is 1. The van der Waals surface area contributed by atoms with Crippen molar-refractivity contribution in [2.75, 3.05) is 0 Å². The second-order valence-corrected chi connectivity index (χ2v) is 3.23. The van der Waals surface area contributed by atoms with Gasteiger partial charge in [-0.2, -0.15) is 0 Å². The molecule has 1 rings (SSSR count). The predicted molar refractivity (Wildman–Crippen MR) is 56.9 cm³/mol. The van der Waals surface area contributed by atoms with E-state index in [1.165, 1.54) is 12.1 Å². The van der Waals surface area contributed by atoms with E-state index in [2.05, 4.69) is 5.32 Å². The van der Waals surface area contributed by atoms with Crippen molar-refractivity contribution >= 4 is 11.9 Å². The normalized spacial score (nSPS) is 11.2. The van der Waals surface area contributed by atoms with Crippen LogP contribution >= 0.6 is 0 Å². The van der Waals surface area contributed by atoms with Crippen molar-refractivity contribution in [2.24, 2.45) is 0 Å². The molecule has 0 aliphatic rings. The summed E-state index contributed by atoms with van der Waals surface area (Å²) in [7, 11) is 0. The molecule has 2 N–H and O–H groups in total. The minimum Gasteiger partial charge on any atom is -0.475 e. The van der Waals surface area contributed by atoms with Crippen molar-refractivity contribution in [1.82, 2.24) is 5.32 Å². The van der Waals surface area contributed by atoms with Gasteiger partial charge in [-0.1, -0.05) is 6.08 Å². The zero-order valence-corrected chi connectivity index (χ0v) is 9.11. The number of hydrogen-bond donors (Lipinski definition) is 2. The Hall–Kier alpha value is -2.04. The maximum atomic E-state index is 11.4. The summed E-state index contributed by atoms with van der Waals surface area (Å²) in [5.74, 6) is -1.04. The molecule has 0 aliphatic carbocycles. The Morgan fingerprint density at radius 3 is 2.69 bits per heavy atom. The molecule has 16 heavy (non-hydrogen) atoms. The summed E-state index contributed by atoms with van der Waals surface area (Å²) in [5.41, 5.74) is 0.602. The van der Waals surface area contributed by atoms with Gasteiger partial charge in [-0.25, -0.2) is 4.79 Å². The van der Waals surface area contributed by atoms with Crippen LogP contribution in [-0.2, 0) is 11.3 Å². The highest BCUT2D eigenvalue weighted by molar-refractivity contribution is 5.92. The summed E-state index contributed by atoms with van der Waals surface area (Å²) in [6.45, 7) is 3.64. The van der Waals surface area contributed by atoms with Gasteiger partial charge in [-0.15, -0.1) is 0 Å². The third-order valence-electron chi connectivity index (χ3n) is 2.09. The fourth-order valence-corrected chi connectivity index (χ4v) is 1.03. The van der Waals surface area contributed by atoms with Gasteiger partial charge in [-0.05, 0) is 26.0 Å². The van der Waals surface area contributed by atoms with E-state index >= 15 is 0 Å². The quantitative estimate of drug-likeness (QED) is 0.759. The summed E-state index contributed by atoms with van der Waals surface area (Å²) in [4.78, 5) is 21.9. The summed E-state index contributed by atoms with van der Waals surface area (Å²) in [5, 5.41) is 11.2. The second kappa shape index (κ2) is 5.16. The molecule has 0 radical (unpaired) electrons. The minimum atomic E-state index is -1.12. The lowest BCUT2D eigenvalue weighted by Crippen LogP contribution is -2.23. The van der Waals surface area contributed by atoms with E-state index in [0.29, 0.717) is 11.3 Å². The van der Waals surface area contributed by atoms with Crippen LogP contribution < -0.4 is 5.32 Å². The van der Waals surface area contributed by atoms with Crippen molar-refractivity contribution in [3.8, 4) is 0 Å². The molecule has 0 fully saturated rings. The van der Waals surface area contributed by atoms with Gasteiger partial charge in [0, 0.05) is 5.57 Å².